The van der Waals surface area contributed by atoms with Crippen LogP contribution in [-0.2, 0) is 14.4 Å². The molecule has 0 aromatic heterocycles. The van der Waals surface area contributed by atoms with E-state index in [-0.39, 0.29) is 29.7 Å². The molecular weight excluding hydrogens is 292 g/mol. The monoisotopic (exact) mass is 314 g/mol. The summed E-state index contributed by atoms with van der Waals surface area (Å²) in [5, 5.41) is 2.75. The molecule has 1 saturated carbocycles. The van der Waals surface area contributed by atoms with Crippen LogP contribution in [0.2, 0.25) is 0 Å². The SMILES string of the molecule is Cc1cccc(NC(=O)CN2C(=O)CC3(CCCC3)CC2=O)c1. The third-order valence-corrected chi connectivity index (χ3v) is 4.92. The summed E-state index contributed by atoms with van der Waals surface area (Å²) in [6.07, 6.45) is 4.89. The number of carbonyl (C=O) groups is 3. The molecule has 1 aromatic rings. The second-order valence-electron chi connectivity index (χ2n) is 6.85. The average molecular weight is 314 g/mol. The minimum absolute atomic E-state index is 0.127. The first-order valence-corrected chi connectivity index (χ1v) is 8.17. The van der Waals surface area contributed by atoms with Gasteiger partial charge in [-0.05, 0) is 42.9 Å². The third-order valence-electron chi connectivity index (χ3n) is 4.92. The second kappa shape index (κ2) is 6.14. The fraction of sp³-hybridized carbons (Fsp3) is 0.500. The predicted molar refractivity (Wildman–Crippen MR) is 86.7 cm³/mol. The predicted octanol–water partition coefficient (Wildman–Crippen LogP) is 2.64. The molecule has 0 bridgehead atoms. The number of nitrogens with zero attached hydrogens (tertiary/aromatic N) is 1. The third kappa shape index (κ3) is 3.44. The fourth-order valence-electron chi connectivity index (χ4n) is 3.76. The molecule has 1 aliphatic carbocycles. The van der Waals surface area contributed by atoms with Gasteiger partial charge in [0, 0.05) is 18.5 Å². The zero-order valence-corrected chi connectivity index (χ0v) is 13.4. The number of carbonyl (C=O) groups excluding carboxylic acids is 3. The molecule has 1 N–H and O–H groups in total. The van der Waals surface area contributed by atoms with E-state index >= 15 is 0 Å². The lowest BCUT2D eigenvalue weighted by atomic mass is 9.76. The highest BCUT2D eigenvalue weighted by Crippen LogP contribution is 2.46. The Morgan fingerprint density at radius 3 is 2.43 bits per heavy atom. The van der Waals surface area contributed by atoms with E-state index in [4.69, 9.17) is 0 Å². The van der Waals surface area contributed by atoms with Crippen molar-refractivity contribution in [2.24, 2.45) is 5.41 Å². The van der Waals surface area contributed by atoms with Crippen LogP contribution in [0.4, 0.5) is 5.69 Å². The maximum Gasteiger partial charge on any atom is 0.244 e. The van der Waals surface area contributed by atoms with E-state index in [2.05, 4.69) is 5.32 Å². The molecule has 1 spiro atoms. The van der Waals surface area contributed by atoms with Gasteiger partial charge in [-0.15, -0.1) is 0 Å². The standard InChI is InChI=1S/C18H22N2O3/c1-13-5-4-6-14(9-13)19-15(21)12-20-16(22)10-18(11-17(20)23)7-2-3-8-18/h4-6,9H,2-3,7-8,10-12H2,1H3,(H,19,21). The molecule has 1 aliphatic heterocycles. The molecule has 5 heteroatoms. The van der Waals surface area contributed by atoms with Crippen LogP contribution in [0.3, 0.4) is 0 Å². The topological polar surface area (TPSA) is 66.5 Å². The van der Waals surface area contributed by atoms with Crippen molar-refractivity contribution in [1.82, 2.24) is 4.90 Å². The van der Waals surface area contributed by atoms with Gasteiger partial charge < -0.3 is 5.32 Å². The smallest absolute Gasteiger partial charge is 0.244 e. The molecule has 2 fully saturated rings. The number of nitrogens with one attached hydrogen (secondary N) is 1. The molecule has 1 aromatic carbocycles. The Balaban J connectivity index is 1.62. The van der Waals surface area contributed by atoms with Crippen LogP contribution in [0.25, 0.3) is 0 Å². The summed E-state index contributed by atoms with van der Waals surface area (Å²) >= 11 is 0. The molecule has 3 amide bonds. The minimum atomic E-state index is -0.334. The van der Waals surface area contributed by atoms with Gasteiger partial charge in [0.25, 0.3) is 0 Å². The van der Waals surface area contributed by atoms with E-state index in [0.717, 1.165) is 36.1 Å². The molecule has 5 nitrogen and oxygen atoms in total. The molecule has 23 heavy (non-hydrogen) atoms. The maximum atomic E-state index is 12.3. The molecule has 0 unspecified atom stereocenters. The van der Waals surface area contributed by atoms with Crippen molar-refractivity contribution in [3.63, 3.8) is 0 Å². The summed E-state index contributed by atoms with van der Waals surface area (Å²) in [7, 11) is 0. The van der Waals surface area contributed by atoms with Crippen LogP contribution in [0, 0.1) is 12.3 Å². The molecule has 0 radical (unpaired) electrons. The number of aryl methyl sites for hydroxylation is 1. The summed E-state index contributed by atoms with van der Waals surface area (Å²) in [4.78, 5) is 37.9. The molecule has 3 rings (SSSR count). The highest BCUT2D eigenvalue weighted by molar-refractivity contribution is 6.03. The van der Waals surface area contributed by atoms with Crippen molar-refractivity contribution in [2.75, 3.05) is 11.9 Å². The largest absolute Gasteiger partial charge is 0.325 e. The second-order valence-corrected chi connectivity index (χ2v) is 6.85. The van der Waals surface area contributed by atoms with E-state index in [1.54, 1.807) is 6.07 Å². The van der Waals surface area contributed by atoms with Crippen molar-refractivity contribution in [3.8, 4) is 0 Å². The van der Waals surface area contributed by atoms with Crippen LogP contribution in [0.15, 0.2) is 24.3 Å². The molecule has 2 aliphatic rings. The molecule has 1 saturated heterocycles. The Kier molecular flexibility index (Phi) is 4.20. The van der Waals surface area contributed by atoms with Gasteiger partial charge in [-0.3, -0.25) is 19.3 Å². The Morgan fingerprint density at radius 2 is 1.83 bits per heavy atom. The van der Waals surface area contributed by atoms with E-state index < -0.39 is 0 Å². The molecule has 0 atom stereocenters. The van der Waals surface area contributed by atoms with Crippen LogP contribution < -0.4 is 5.32 Å². The number of piperidine rings is 1. The highest BCUT2D eigenvalue weighted by atomic mass is 16.2. The quantitative estimate of drug-likeness (QED) is 0.872. The Hall–Kier alpha value is -2.17. The number of anilines is 1. The first kappa shape index (κ1) is 15.7. The average Bonchev–Trinajstić information content (AvgIpc) is 2.91. The number of hydrogen-bond donors (Lipinski definition) is 1. The van der Waals surface area contributed by atoms with Crippen molar-refractivity contribution < 1.29 is 14.4 Å². The lowest BCUT2D eigenvalue weighted by molar-refractivity contribution is -0.155. The number of imide groups is 1. The molecular formula is C18H22N2O3. The number of rotatable bonds is 3. The van der Waals surface area contributed by atoms with E-state index in [1.807, 2.05) is 25.1 Å². The van der Waals surface area contributed by atoms with Crippen molar-refractivity contribution in [2.45, 2.75) is 45.4 Å². The number of hydrogen-bond acceptors (Lipinski definition) is 3. The van der Waals surface area contributed by atoms with Gasteiger partial charge in [0.1, 0.15) is 6.54 Å². The summed E-state index contributed by atoms with van der Waals surface area (Å²) in [5.74, 6) is -0.746. The molecule has 1 heterocycles. The van der Waals surface area contributed by atoms with Gasteiger partial charge in [-0.1, -0.05) is 25.0 Å². The van der Waals surface area contributed by atoms with Gasteiger partial charge in [0.15, 0.2) is 0 Å². The van der Waals surface area contributed by atoms with Gasteiger partial charge in [0.2, 0.25) is 17.7 Å². The van der Waals surface area contributed by atoms with Crippen molar-refractivity contribution >= 4 is 23.4 Å². The summed E-state index contributed by atoms with van der Waals surface area (Å²) in [5.41, 5.74) is 1.59. The van der Waals surface area contributed by atoms with Crippen LogP contribution in [-0.4, -0.2) is 29.2 Å². The molecule has 122 valence electrons. The lowest BCUT2D eigenvalue weighted by Gasteiger charge is -2.36. The summed E-state index contributed by atoms with van der Waals surface area (Å²) in [6.45, 7) is 1.75. The number of likely N-dealkylation sites (tertiary alicyclic amines) is 1. The first-order valence-electron chi connectivity index (χ1n) is 8.17. The van der Waals surface area contributed by atoms with Gasteiger partial charge in [-0.25, -0.2) is 0 Å². The van der Waals surface area contributed by atoms with E-state index in [1.165, 1.54) is 0 Å². The van der Waals surface area contributed by atoms with Crippen LogP contribution >= 0.6 is 0 Å². The van der Waals surface area contributed by atoms with Crippen LogP contribution in [0.5, 0.6) is 0 Å². The number of amides is 3. The van der Waals surface area contributed by atoms with Crippen molar-refractivity contribution in [3.05, 3.63) is 29.8 Å². The Labute approximate surface area is 136 Å². The van der Waals surface area contributed by atoms with Gasteiger partial charge >= 0.3 is 0 Å². The Bertz CT molecular complexity index is 627. The maximum absolute atomic E-state index is 12.3. The Morgan fingerprint density at radius 1 is 1.17 bits per heavy atom. The fourth-order valence-corrected chi connectivity index (χ4v) is 3.76. The van der Waals surface area contributed by atoms with E-state index in [9.17, 15) is 14.4 Å². The highest BCUT2D eigenvalue weighted by Gasteiger charge is 2.45. The normalized spacial score (nSPS) is 20.1. The van der Waals surface area contributed by atoms with Crippen LogP contribution in [0.1, 0.15) is 44.1 Å². The van der Waals surface area contributed by atoms with Gasteiger partial charge in [0.05, 0.1) is 0 Å². The first-order chi connectivity index (χ1) is 11.0. The van der Waals surface area contributed by atoms with Gasteiger partial charge in [-0.2, -0.15) is 0 Å². The lowest BCUT2D eigenvalue weighted by Crippen LogP contribution is -2.49. The zero-order valence-electron chi connectivity index (χ0n) is 13.4. The van der Waals surface area contributed by atoms with E-state index in [0.29, 0.717) is 18.5 Å². The number of benzene rings is 1. The summed E-state index contributed by atoms with van der Waals surface area (Å²) in [6, 6.07) is 7.43. The summed E-state index contributed by atoms with van der Waals surface area (Å²) < 4.78 is 0. The zero-order chi connectivity index (χ0) is 16.4. The van der Waals surface area contributed by atoms with Crippen molar-refractivity contribution in [1.29, 1.82) is 0 Å². The minimum Gasteiger partial charge on any atom is -0.325 e.